The number of hydrogen-bond acceptors (Lipinski definition) is 5. The number of halogens is 1. The standard InChI is InChI=1S/C12H17ClN4O2/c1-19-8-12(3-6-14-7-4-12)10(18)17-11-15-5-2-9(13)16-11/h2,5,14H,3-4,6-8H2,1H3,(H,15,16,17,18). The second-order valence-electron chi connectivity index (χ2n) is 4.62. The molecule has 2 rings (SSSR count). The first-order valence-electron chi connectivity index (χ1n) is 6.16. The minimum atomic E-state index is -0.522. The fourth-order valence-electron chi connectivity index (χ4n) is 2.25. The zero-order valence-corrected chi connectivity index (χ0v) is 11.5. The summed E-state index contributed by atoms with van der Waals surface area (Å²) in [5, 5.41) is 6.26. The summed E-state index contributed by atoms with van der Waals surface area (Å²) < 4.78 is 5.21. The third-order valence-electron chi connectivity index (χ3n) is 3.31. The molecule has 1 aliphatic heterocycles. The highest BCUT2D eigenvalue weighted by atomic mass is 35.5. The van der Waals surface area contributed by atoms with Gasteiger partial charge in [0.05, 0.1) is 12.0 Å². The number of anilines is 1. The lowest BCUT2D eigenvalue weighted by Crippen LogP contribution is -2.47. The Hall–Kier alpha value is -1.24. The number of ether oxygens (including phenoxy) is 1. The summed E-state index contributed by atoms with van der Waals surface area (Å²) in [6.45, 7) is 1.99. The topological polar surface area (TPSA) is 76.1 Å². The van der Waals surface area contributed by atoms with Crippen molar-refractivity contribution < 1.29 is 9.53 Å². The maximum atomic E-state index is 12.4. The van der Waals surface area contributed by atoms with E-state index >= 15 is 0 Å². The molecule has 7 heteroatoms. The van der Waals surface area contributed by atoms with Crippen LogP contribution in [0.15, 0.2) is 12.3 Å². The molecular weight excluding hydrogens is 268 g/mol. The van der Waals surface area contributed by atoms with Gasteiger partial charge in [-0.3, -0.25) is 10.1 Å². The van der Waals surface area contributed by atoms with Gasteiger partial charge < -0.3 is 10.1 Å². The molecule has 1 aromatic rings. The van der Waals surface area contributed by atoms with Gasteiger partial charge in [-0.1, -0.05) is 11.6 Å². The molecule has 1 aromatic heterocycles. The van der Waals surface area contributed by atoms with Crippen LogP contribution in [0.3, 0.4) is 0 Å². The molecule has 19 heavy (non-hydrogen) atoms. The summed E-state index contributed by atoms with van der Waals surface area (Å²) in [7, 11) is 1.60. The smallest absolute Gasteiger partial charge is 0.235 e. The van der Waals surface area contributed by atoms with E-state index in [0.717, 1.165) is 25.9 Å². The van der Waals surface area contributed by atoms with E-state index in [1.165, 1.54) is 6.20 Å². The van der Waals surface area contributed by atoms with E-state index in [9.17, 15) is 4.79 Å². The molecule has 2 heterocycles. The van der Waals surface area contributed by atoms with Gasteiger partial charge in [-0.15, -0.1) is 0 Å². The van der Waals surface area contributed by atoms with E-state index in [0.29, 0.717) is 11.8 Å². The summed E-state index contributed by atoms with van der Waals surface area (Å²) in [5.41, 5.74) is -0.522. The van der Waals surface area contributed by atoms with E-state index in [1.54, 1.807) is 13.2 Å². The van der Waals surface area contributed by atoms with Crippen LogP contribution in [0.1, 0.15) is 12.8 Å². The number of piperidine rings is 1. The zero-order chi connectivity index (χ0) is 13.7. The molecule has 1 saturated heterocycles. The van der Waals surface area contributed by atoms with Crippen LogP contribution in [0.5, 0.6) is 0 Å². The highest BCUT2D eigenvalue weighted by molar-refractivity contribution is 6.29. The molecule has 104 valence electrons. The summed E-state index contributed by atoms with van der Waals surface area (Å²) >= 11 is 5.77. The van der Waals surface area contributed by atoms with Crippen molar-refractivity contribution in [3.05, 3.63) is 17.4 Å². The number of nitrogens with zero attached hydrogens (tertiary/aromatic N) is 2. The van der Waals surface area contributed by atoms with Crippen LogP contribution in [0.2, 0.25) is 5.15 Å². The molecule has 0 unspecified atom stereocenters. The van der Waals surface area contributed by atoms with Crippen molar-refractivity contribution in [3.8, 4) is 0 Å². The van der Waals surface area contributed by atoms with Crippen molar-refractivity contribution in [2.45, 2.75) is 12.8 Å². The van der Waals surface area contributed by atoms with E-state index in [-0.39, 0.29) is 11.9 Å². The molecule has 6 nitrogen and oxygen atoms in total. The zero-order valence-electron chi connectivity index (χ0n) is 10.8. The van der Waals surface area contributed by atoms with Gasteiger partial charge in [0.1, 0.15) is 5.15 Å². The van der Waals surface area contributed by atoms with Crippen molar-refractivity contribution in [1.82, 2.24) is 15.3 Å². The average Bonchev–Trinajstić information content (AvgIpc) is 2.40. The Balaban J connectivity index is 2.11. The third kappa shape index (κ3) is 3.40. The first-order chi connectivity index (χ1) is 9.16. The van der Waals surface area contributed by atoms with Gasteiger partial charge in [-0.25, -0.2) is 9.97 Å². The van der Waals surface area contributed by atoms with Crippen molar-refractivity contribution in [2.75, 3.05) is 32.1 Å². The number of carbonyl (C=O) groups excluding carboxylic acids is 1. The van der Waals surface area contributed by atoms with Crippen molar-refractivity contribution in [2.24, 2.45) is 5.41 Å². The van der Waals surface area contributed by atoms with Crippen LogP contribution >= 0.6 is 11.6 Å². The Labute approximate surface area is 116 Å². The largest absolute Gasteiger partial charge is 0.384 e. The molecule has 0 bridgehead atoms. The second kappa shape index (κ2) is 6.27. The molecule has 0 radical (unpaired) electrons. The minimum absolute atomic E-state index is 0.113. The predicted molar refractivity (Wildman–Crippen MR) is 72.1 cm³/mol. The van der Waals surface area contributed by atoms with Gasteiger partial charge in [0.25, 0.3) is 0 Å². The van der Waals surface area contributed by atoms with Gasteiger partial charge in [0, 0.05) is 13.3 Å². The average molecular weight is 285 g/mol. The minimum Gasteiger partial charge on any atom is -0.384 e. The number of nitrogens with one attached hydrogen (secondary N) is 2. The summed E-state index contributed by atoms with van der Waals surface area (Å²) in [5.74, 6) is 0.115. The number of hydrogen-bond donors (Lipinski definition) is 2. The van der Waals surface area contributed by atoms with Crippen LogP contribution < -0.4 is 10.6 Å². The summed E-state index contributed by atoms with van der Waals surface area (Å²) in [6.07, 6.45) is 2.97. The monoisotopic (exact) mass is 284 g/mol. The van der Waals surface area contributed by atoms with Gasteiger partial charge in [-0.2, -0.15) is 0 Å². The molecule has 0 aromatic carbocycles. The van der Waals surface area contributed by atoms with E-state index < -0.39 is 5.41 Å². The highest BCUT2D eigenvalue weighted by Gasteiger charge is 2.40. The molecule has 0 spiro atoms. The SMILES string of the molecule is COCC1(C(=O)Nc2nccc(Cl)n2)CCNCC1. The van der Waals surface area contributed by atoms with Crippen molar-refractivity contribution >= 4 is 23.5 Å². The Morgan fingerprint density at radius 3 is 2.95 bits per heavy atom. The number of amides is 1. The molecule has 1 aliphatic rings. The Morgan fingerprint density at radius 2 is 2.32 bits per heavy atom. The van der Waals surface area contributed by atoms with Gasteiger partial charge in [0.2, 0.25) is 11.9 Å². The van der Waals surface area contributed by atoms with Crippen LogP contribution in [-0.4, -0.2) is 42.7 Å². The lowest BCUT2D eigenvalue weighted by molar-refractivity contribution is -0.130. The van der Waals surface area contributed by atoms with Crippen molar-refractivity contribution in [3.63, 3.8) is 0 Å². The molecule has 1 fully saturated rings. The molecule has 2 N–H and O–H groups in total. The van der Waals surface area contributed by atoms with Crippen LogP contribution in [0.25, 0.3) is 0 Å². The van der Waals surface area contributed by atoms with Gasteiger partial charge in [0.15, 0.2) is 0 Å². The summed E-state index contributed by atoms with van der Waals surface area (Å²) in [6, 6.07) is 1.56. The molecule has 0 saturated carbocycles. The van der Waals surface area contributed by atoms with Crippen LogP contribution in [0.4, 0.5) is 5.95 Å². The van der Waals surface area contributed by atoms with Gasteiger partial charge >= 0.3 is 0 Å². The van der Waals surface area contributed by atoms with E-state index in [2.05, 4.69) is 20.6 Å². The normalized spacial score (nSPS) is 18.0. The van der Waals surface area contributed by atoms with Crippen LogP contribution in [0, 0.1) is 5.41 Å². The Bertz CT molecular complexity index is 444. The lowest BCUT2D eigenvalue weighted by atomic mass is 9.79. The first-order valence-corrected chi connectivity index (χ1v) is 6.54. The molecular formula is C12H17ClN4O2. The number of aromatic nitrogens is 2. The number of methoxy groups -OCH3 is 1. The Kier molecular flexibility index (Phi) is 4.68. The quantitative estimate of drug-likeness (QED) is 0.809. The first kappa shape index (κ1) is 14.2. The number of rotatable bonds is 4. The van der Waals surface area contributed by atoms with E-state index in [4.69, 9.17) is 16.3 Å². The molecule has 1 amide bonds. The summed E-state index contributed by atoms with van der Waals surface area (Å²) in [4.78, 5) is 20.4. The maximum Gasteiger partial charge on any atom is 0.235 e. The fraction of sp³-hybridized carbons (Fsp3) is 0.583. The highest BCUT2D eigenvalue weighted by Crippen LogP contribution is 2.30. The Morgan fingerprint density at radius 1 is 1.58 bits per heavy atom. The molecule has 0 atom stereocenters. The maximum absolute atomic E-state index is 12.4. The van der Waals surface area contributed by atoms with E-state index in [1.807, 2.05) is 0 Å². The number of carbonyl (C=O) groups is 1. The second-order valence-corrected chi connectivity index (χ2v) is 5.01. The van der Waals surface area contributed by atoms with Crippen molar-refractivity contribution in [1.29, 1.82) is 0 Å². The van der Waals surface area contributed by atoms with Gasteiger partial charge in [-0.05, 0) is 32.0 Å². The lowest BCUT2D eigenvalue weighted by Gasteiger charge is -2.35. The predicted octanol–water partition coefficient (Wildman–Crippen LogP) is 1.08. The third-order valence-corrected chi connectivity index (χ3v) is 3.52. The molecule has 0 aliphatic carbocycles. The van der Waals surface area contributed by atoms with Crippen LogP contribution in [-0.2, 0) is 9.53 Å². The fourth-order valence-corrected chi connectivity index (χ4v) is 2.39.